The number of hydrogen-bond donors (Lipinski definition) is 2. The topological polar surface area (TPSA) is 52.6 Å². The first-order valence-corrected chi connectivity index (χ1v) is 5.96. The maximum Gasteiger partial charge on any atom is 0.308 e. The Morgan fingerprint density at radius 1 is 1.33 bits per heavy atom. The zero-order valence-electron chi connectivity index (χ0n) is 9.11. The summed E-state index contributed by atoms with van der Waals surface area (Å²) >= 11 is 0. The molecule has 1 saturated heterocycles. The summed E-state index contributed by atoms with van der Waals surface area (Å²) in [6.45, 7) is 4.45. The second kappa shape index (κ2) is 4.94. The summed E-state index contributed by atoms with van der Waals surface area (Å²) in [6.07, 6.45) is 4.51. The van der Waals surface area contributed by atoms with Gasteiger partial charge in [0.15, 0.2) is 0 Å². The zero-order valence-corrected chi connectivity index (χ0v) is 9.11. The Morgan fingerprint density at radius 2 is 2.07 bits per heavy atom. The molecular weight excluding hydrogens is 192 g/mol. The van der Waals surface area contributed by atoms with Crippen molar-refractivity contribution in [3.63, 3.8) is 0 Å². The molecule has 0 radical (unpaired) electrons. The van der Waals surface area contributed by atoms with E-state index in [1.165, 1.54) is 25.9 Å². The maximum atomic E-state index is 10.8. The van der Waals surface area contributed by atoms with Crippen molar-refractivity contribution in [2.75, 3.05) is 26.2 Å². The molecule has 0 aromatic carbocycles. The van der Waals surface area contributed by atoms with E-state index in [0.29, 0.717) is 0 Å². The highest BCUT2D eigenvalue weighted by Gasteiger charge is 2.35. The van der Waals surface area contributed by atoms with Crippen LogP contribution in [0.4, 0.5) is 0 Å². The van der Waals surface area contributed by atoms with Gasteiger partial charge in [0, 0.05) is 19.1 Å². The first kappa shape index (κ1) is 10.9. The molecule has 0 aromatic rings. The van der Waals surface area contributed by atoms with Crippen LogP contribution in [-0.4, -0.2) is 48.2 Å². The third-order valence-corrected chi connectivity index (χ3v) is 3.62. The summed E-state index contributed by atoms with van der Waals surface area (Å²) in [5.41, 5.74) is 0. The van der Waals surface area contributed by atoms with Gasteiger partial charge in [-0.1, -0.05) is 0 Å². The van der Waals surface area contributed by atoms with Gasteiger partial charge in [-0.2, -0.15) is 0 Å². The van der Waals surface area contributed by atoms with Gasteiger partial charge in [-0.15, -0.1) is 0 Å². The molecule has 0 spiro atoms. The lowest BCUT2D eigenvalue weighted by Crippen LogP contribution is -2.49. The second-order valence-electron chi connectivity index (χ2n) is 4.63. The number of rotatable bonds is 5. The highest BCUT2D eigenvalue weighted by Crippen LogP contribution is 2.27. The first-order chi connectivity index (χ1) is 7.27. The van der Waals surface area contributed by atoms with E-state index < -0.39 is 5.97 Å². The van der Waals surface area contributed by atoms with E-state index in [-0.39, 0.29) is 12.0 Å². The average molecular weight is 212 g/mol. The number of nitrogens with one attached hydrogen (secondary N) is 1. The summed E-state index contributed by atoms with van der Waals surface area (Å²) in [5, 5.41) is 12.2. The zero-order chi connectivity index (χ0) is 10.7. The van der Waals surface area contributed by atoms with Crippen LogP contribution in [0.15, 0.2) is 0 Å². The lowest BCUT2D eigenvalue weighted by Gasteiger charge is -2.34. The predicted octanol–water partition coefficient (Wildman–Crippen LogP) is 0.535. The van der Waals surface area contributed by atoms with Crippen molar-refractivity contribution in [2.24, 2.45) is 5.92 Å². The van der Waals surface area contributed by atoms with Gasteiger partial charge in [0.2, 0.25) is 0 Å². The lowest BCUT2D eigenvalue weighted by molar-refractivity contribution is -0.146. The van der Waals surface area contributed by atoms with Crippen LogP contribution in [0.5, 0.6) is 0 Å². The predicted molar refractivity (Wildman–Crippen MR) is 57.8 cm³/mol. The molecule has 2 unspecified atom stereocenters. The molecule has 1 aliphatic carbocycles. The van der Waals surface area contributed by atoms with Crippen LogP contribution in [0.2, 0.25) is 0 Å². The van der Waals surface area contributed by atoms with E-state index >= 15 is 0 Å². The third-order valence-electron chi connectivity index (χ3n) is 3.62. The molecule has 2 rings (SSSR count). The molecule has 0 aromatic heterocycles. The van der Waals surface area contributed by atoms with Crippen LogP contribution < -0.4 is 5.32 Å². The second-order valence-corrected chi connectivity index (χ2v) is 4.63. The highest BCUT2D eigenvalue weighted by molar-refractivity contribution is 5.72. The van der Waals surface area contributed by atoms with Crippen molar-refractivity contribution in [3.05, 3.63) is 0 Å². The summed E-state index contributed by atoms with van der Waals surface area (Å²) < 4.78 is 0. The molecule has 1 saturated carbocycles. The van der Waals surface area contributed by atoms with Crippen molar-refractivity contribution in [1.29, 1.82) is 0 Å². The van der Waals surface area contributed by atoms with E-state index in [2.05, 4.69) is 10.2 Å². The molecule has 2 fully saturated rings. The Hall–Kier alpha value is -0.610. The van der Waals surface area contributed by atoms with Gasteiger partial charge in [-0.05, 0) is 38.8 Å². The van der Waals surface area contributed by atoms with Gasteiger partial charge in [0.25, 0.3) is 0 Å². The normalized spacial score (nSPS) is 31.5. The van der Waals surface area contributed by atoms with E-state index in [9.17, 15) is 4.79 Å². The fraction of sp³-hybridized carbons (Fsp3) is 0.909. The molecule has 0 amide bonds. The standard InChI is InChI=1S/C11H20N2O2/c14-11(15)9-3-4-10(9)12-5-8-13-6-1-2-7-13/h9-10,12H,1-8H2,(H,14,15). The Kier molecular flexibility index (Phi) is 3.59. The van der Waals surface area contributed by atoms with Crippen LogP contribution in [-0.2, 0) is 4.79 Å². The highest BCUT2D eigenvalue weighted by atomic mass is 16.4. The van der Waals surface area contributed by atoms with E-state index in [1.807, 2.05) is 0 Å². The van der Waals surface area contributed by atoms with Gasteiger partial charge in [-0.25, -0.2) is 0 Å². The molecular formula is C11H20N2O2. The maximum absolute atomic E-state index is 10.8. The molecule has 1 heterocycles. The minimum Gasteiger partial charge on any atom is -0.481 e. The Bertz CT molecular complexity index is 227. The summed E-state index contributed by atoms with van der Waals surface area (Å²) in [5.74, 6) is -0.775. The molecule has 2 aliphatic rings. The van der Waals surface area contributed by atoms with Crippen molar-refractivity contribution in [2.45, 2.75) is 31.7 Å². The number of hydrogen-bond acceptors (Lipinski definition) is 3. The molecule has 4 heteroatoms. The van der Waals surface area contributed by atoms with Crippen LogP contribution in [0.1, 0.15) is 25.7 Å². The van der Waals surface area contributed by atoms with Gasteiger partial charge < -0.3 is 15.3 Å². The van der Waals surface area contributed by atoms with Gasteiger partial charge in [0.05, 0.1) is 5.92 Å². The number of aliphatic carboxylic acids is 1. The number of carboxylic acid groups (broad SMARTS) is 1. The third kappa shape index (κ3) is 2.69. The minimum absolute atomic E-state index is 0.136. The number of carbonyl (C=O) groups is 1. The smallest absolute Gasteiger partial charge is 0.308 e. The van der Waals surface area contributed by atoms with E-state index in [4.69, 9.17) is 5.11 Å². The molecule has 86 valence electrons. The van der Waals surface area contributed by atoms with Crippen molar-refractivity contribution in [3.8, 4) is 0 Å². The fourth-order valence-electron chi connectivity index (χ4n) is 2.45. The number of carboxylic acids is 1. The fourth-order valence-corrected chi connectivity index (χ4v) is 2.45. The summed E-state index contributed by atoms with van der Waals surface area (Å²) in [6, 6.07) is 0.227. The van der Waals surface area contributed by atoms with Crippen molar-refractivity contribution < 1.29 is 9.90 Å². The van der Waals surface area contributed by atoms with Crippen LogP contribution in [0, 0.1) is 5.92 Å². The molecule has 1 aliphatic heterocycles. The first-order valence-electron chi connectivity index (χ1n) is 5.96. The Balaban J connectivity index is 1.59. The van der Waals surface area contributed by atoms with Gasteiger partial charge in [-0.3, -0.25) is 4.79 Å². The van der Waals surface area contributed by atoms with Gasteiger partial charge in [0.1, 0.15) is 0 Å². The summed E-state index contributed by atoms with van der Waals surface area (Å²) in [4.78, 5) is 13.2. The van der Waals surface area contributed by atoms with E-state index in [1.54, 1.807) is 0 Å². The SMILES string of the molecule is O=C(O)C1CCC1NCCN1CCCC1. The average Bonchev–Trinajstić information content (AvgIpc) is 2.61. The largest absolute Gasteiger partial charge is 0.481 e. The van der Waals surface area contributed by atoms with E-state index in [0.717, 1.165) is 25.9 Å². The Labute approximate surface area is 90.6 Å². The lowest BCUT2D eigenvalue weighted by atomic mass is 9.79. The van der Waals surface area contributed by atoms with Crippen LogP contribution in [0.25, 0.3) is 0 Å². The molecule has 4 nitrogen and oxygen atoms in total. The molecule has 0 bridgehead atoms. The van der Waals surface area contributed by atoms with Crippen LogP contribution in [0.3, 0.4) is 0 Å². The molecule has 15 heavy (non-hydrogen) atoms. The van der Waals surface area contributed by atoms with Crippen LogP contribution >= 0.6 is 0 Å². The molecule has 2 N–H and O–H groups in total. The monoisotopic (exact) mass is 212 g/mol. The number of likely N-dealkylation sites (tertiary alicyclic amines) is 1. The Morgan fingerprint density at radius 3 is 2.60 bits per heavy atom. The minimum atomic E-state index is -0.639. The van der Waals surface area contributed by atoms with Crippen molar-refractivity contribution in [1.82, 2.24) is 10.2 Å². The summed E-state index contributed by atoms with van der Waals surface area (Å²) in [7, 11) is 0. The quantitative estimate of drug-likeness (QED) is 0.698. The number of nitrogens with zero attached hydrogens (tertiary/aromatic N) is 1. The van der Waals surface area contributed by atoms with Crippen molar-refractivity contribution >= 4 is 5.97 Å². The van der Waals surface area contributed by atoms with Gasteiger partial charge >= 0.3 is 5.97 Å². The molecule has 2 atom stereocenters.